The molecule has 0 saturated carbocycles. The molecule has 0 unspecified atom stereocenters. The van der Waals surface area contributed by atoms with E-state index in [9.17, 15) is 4.39 Å². The number of hydrogen-bond acceptors (Lipinski definition) is 4. The van der Waals surface area contributed by atoms with Crippen molar-refractivity contribution in [3.63, 3.8) is 0 Å². The van der Waals surface area contributed by atoms with Crippen molar-refractivity contribution in [1.82, 2.24) is 5.32 Å². The Labute approximate surface area is 135 Å². The summed E-state index contributed by atoms with van der Waals surface area (Å²) in [7, 11) is 1.46. The second-order valence-corrected chi connectivity index (χ2v) is 5.47. The third-order valence-electron chi connectivity index (χ3n) is 3.89. The lowest BCUT2D eigenvalue weighted by Crippen LogP contribution is -2.19. The molecule has 0 amide bonds. The van der Waals surface area contributed by atoms with Gasteiger partial charge < -0.3 is 19.5 Å². The summed E-state index contributed by atoms with van der Waals surface area (Å²) in [6.45, 7) is 3.79. The highest BCUT2D eigenvalue weighted by Gasteiger charge is 2.14. The third kappa shape index (κ3) is 3.56. The number of benzene rings is 2. The van der Waals surface area contributed by atoms with Gasteiger partial charge in [0.15, 0.2) is 23.1 Å². The maximum Gasteiger partial charge on any atom is 0.165 e. The van der Waals surface area contributed by atoms with Gasteiger partial charge in [-0.3, -0.25) is 0 Å². The largest absolute Gasteiger partial charge is 0.494 e. The van der Waals surface area contributed by atoms with Gasteiger partial charge in [-0.25, -0.2) is 4.39 Å². The van der Waals surface area contributed by atoms with Crippen molar-refractivity contribution in [1.29, 1.82) is 0 Å². The Bertz CT molecular complexity index is 690. The van der Waals surface area contributed by atoms with Crippen molar-refractivity contribution < 1.29 is 18.6 Å². The number of nitrogens with one attached hydrogen (secondary N) is 1. The minimum atomic E-state index is -0.348. The van der Waals surface area contributed by atoms with Crippen LogP contribution in [0.2, 0.25) is 0 Å². The molecule has 3 rings (SSSR count). The van der Waals surface area contributed by atoms with E-state index < -0.39 is 0 Å². The Morgan fingerprint density at radius 2 is 1.91 bits per heavy atom. The summed E-state index contributed by atoms with van der Waals surface area (Å²) >= 11 is 0. The molecule has 0 bridgehead atoms. The molecular formula is C18H20FNO3. The van der Waals surface area contributed by atoms with Gasteiger partial charge in [-0.15, -0.1) is 0 Å². The fourth-order valence-corrected chi connectivity index (χ4v) is 2.54. The Morgan fingerprint density at radius 1 is 1.13 bits per heavy atom. The van der Waals surface area contributed by atoms with Gasteiger partial charge in [0.25, 0.3) is 0 Å². The predicted octanol–water partition coefficient (Wildman–Crippen LogP) is 3.46. The molecule has 1 atom stereocenters. The van der Waals surface area contributed by atoms with Gasteiger partial charge >= 0.3 is 0 Å². The van der Waals surface area contributed by atoms with Crippen molar-refractivity contribution in [3.05, 3.63) is 53.3 Å². The van der Waals surface area contributed by atoms with Crippen molar-refractivity contribution in [2.75, 3.05) is 20.3 Å². The number of rotatable bonds is 5. The van der Waals surface area contributed by atoms with E-state index in [4.69, 9.17) is 14.2 Å². The number of fused-ring (bicyclic) bond motifs is 1. The normalized spacial score (nSPS) is 14.4. The molecule has 0 aromatic heterocycles. The lowest BCUT2D eigenvalue weighted by molar-refractivity contribution is 0.171. The first-order valence-electron chi connectivity index (χ1n) is 7.62. The van der Waals surface area contributed by atoms with Gasteiger partial charge in [0, 0.05) is 12.6 Å². The van der Waals surface area contributed by atoms with E-state index in [0.717, 1.165) is 22.6 Å². The standard InChI is InChI=1S/C18H20FNO3/c1-12(14-4-6-17-18(10-14)23-8-7-22-17)20-11-13-3-5-16(21-2)15(19)9-13/h3-6,9-10,12,20H,7-8,11H2,1-2H3/t12-/m1/s1. The van der Waals surface area contributed by atoms with E-state index in [-0.39, 0.29) is 17.6 Å². The van der Waals surface area contributed by atoms with Gasteiger partial charge in [0.05, 0.1) is 7.11 Å². The molecule has 23 heavy (non-hydrogen) atoms. The summed E-state index contributed by atoms with van der Waals surface area (Å²) in [6, 6.07) is 11.0. The zero-order valence-corrected chi connectivity index (χ0v) is 13.3. The predicted molar refractivity (Wildman–Crippen MR) is 85.6 cm³/mol. The fraction of sp³-hybridized carbons (Fsp3) is 0.333. The van der Waals surface area contributed by atoms with Crippen LogP contribution in [0.4, 0.5) is 4.39 Å². The van der Waals surface area contributed by atoms with E-state index >= 15 is 0 Å². The Morgan fingerprint density at radius 3 is 2.65 bits per heavy atom. The highest BCUT2D eigenvalue weighted by molar-refractivity contribution is 5.44. The molecule has 122 valence electrons. The molecule has 0 spiro atoms. The molecule has 0 aliphatic carbocycles. The highest BCUT2D eigenvalue weighted by Crippen LogP contribution is 2.32. The third-order valence-corrected chi connectivity index (χ3v) is 3.89. The van der Waals surface area contributed by atoms with Crippen LogP contribution in [0.25, 0.3) is 0 Å². The minimum absolute atomic E-state index is 0.107. The Balaban J connectivity index is 1.65. The second-order valence-electron chi connectivity index (χ2n) is 5.47. The van der Waals surface area contributed by atoms with Crippen LogP contribution >= 0.6 is 0 Å². The molecule has 0 saturated heterocycles. The molecule has 2 aromatic rings. The maximum absolute atomic E-state index is 13.7. The van der Waals surface area contributed by atoms with Crippen LogP contribution in [0.5, 0.6) is 17.2 Å². The maximum atomic E-state index is 13.7. The summed E-state index contributed by atoms with van der Waals surface area (Å²) in [4.78, 5) is 0. The van der Waals surface area contributed by atoms with Crippen molar-refractivity contribution in [2.45, 2.75) is 19.5 Å². The minimum Gasteiger partial charge on any atom is -0.494 e. The lowest BCUT2D eigenvalue weighted by atomic mass is 10.1. The molecule has 1 N–H and O–H groups in total. The zero-order valence-electron chi connectivity index (χ0n) is 13.3. The van der Waals surface area contributed by atoms with E-state index in [1.54, 1.807) is 6.07 Å². The van der Waals surface area contributed by atoms with Crippen LogP contribution in [0, 0.1) is 5.82 Å². The molecular weight excluding hydrogens is 297 g/mol. The molecule has 2 aromatic carbocycles. The van der Waals surface area contributed by atoms with Crippen molar-refractivity contribution >= 4 is 0 Å². The van der Waals surface area contributed by atoms with E-state index in [0.29, 0.717) is 19.8 Å². The molecule has 0 fully saturated rings. The van der Waals surface area contributed by atoms with Crippen molar-refractivity contribution in [3.8, 4) is 17.2 Å². The second kappa shape index (κ2) is 6.87. The van der Waals surface area contributed by atoms with Crippen LogP contribution < -0.4 is 19.5 Å². The Hall–Kier alpha value is -2.27. The van der Waals surface area contributed by atoms with Gasteiger partial charge in [0.1, 0.15) is 13.2 Å². The summed E-state index contributed by atoms with van der Waals surface area (Å²) in [5, 5.41) is 3.38. The van der Waals surface area contributed by atoms with Crippen LogP contribution in [0.1, 0.15) is 24.1 Å². The monoisotopic (exact) mass is 317 g/mol. The van der Waals surface area contributed by atoms with Gasteiger partial charge in [-0.2, -0.15) is 0 Å². The molecule has 1 heterocycles. The SMILES string of the molecule is COc1ccc(CN[C@H](C)c2ccc3c(c2)OCCO3)cc1F. The van der Waals surface area contributed by atoms with Crippen LogP contribution in [0.15, 0.2) is 36.4 Å². The van der Waals surface area contributed by atoms with Gasteiger partial charge in [0.2, 0.25) is 0 Å². The van der Waals surface area contributed by atoms with Crippen molar-refractivity contribution in [2.24, 2.45) is 0 Å². The number of hydrogen-bond donors (Lipinski definition) is 1. The summed E-state index contributed by atoms with van der Waals surface area (Å²) in [5.74, 6) is 1.47. The van der Waals surface area contributed by atoms with E-state index in [1.807, 2.05) is 24.3 Å². The summed E-state index contributed by atoms with van der Waals surface area (Å²) in [6.07, 6.45) is 0. The van der Waals surface area contributed by atoms with Gasteiger partial charge in [-0.1, -0.05) is 12.1 Å². The highest BCUT2D eigenvalue weighted by atomic mass is 19.1. The number of methoxy groups -OCH3 is 1. The summed E-state index contributed by atoms with van der Waals surface area (Å²) in [5.41, 5.74) is 1.97. The average molecular weight is 317 g/mol. The zero-order chi connectivity index (χ0) is 16.2. The van der Waals surface area contributed by atoms with Crippen LogP contribution in [-0.4, -0.2) is 20.3 Å². The molecule has 1 aliphatic heterocycles. The average Bonchev–Trinajstić information content (AvgIpc) is 2.59. The fourth-order valence-electron chi connectivity index (χ4n) is 2.54. The lowest BCUT2D eigenvalue weighted by Gasteiger charge is -2.21. The molecule has 0 radical (unpaired) electrons. The number of halogens is 1. The smallest absolute Gasteiger partial charge is 0.165 e. The molecule has 1 aliphatic rings. The van der Waals surface area contributed by atoms with Crippen LogP contribution in [-0.2, 0) is 6.54 Å². The van der Waals surface area contributed by atoms with E-state index in [2.05, 4.69) is 12.2 Å². The quantitative estimate of drug-likeness (QED) is 0.917. The van der Waals surface area contributed by atoms with Crippen LogP contribution in [0.3, 0.4) is 0 Å². The first-order chi connectivity index (χ1) is 11.2. The Kier molecular flexibility index (Phi) is 4.67. The molecule has 4 nitrogen and oxygen atoms in total. The van der Waals surface area contributed by atoms with Gasteiger partial charge in [-0.05, 0) is 42.3 Å². The first-order valence-corrected chi connectivity index (χ1v) is 7.62. The van der Waals surface area contributed by atoms with E-state index in [1.165, 1.54) is 13.2 Å². The first kappa shape index (κ1) is 15.6. The summed E-state index contributed by atoms with van der Waals surface area (Å²) < 4.78 is 29.8. The topological polar surface area (TPSA) is 39.7 Å². The molecule has 5 heteroatoms. The number of ether oxygens (including phenoxy) is 3.